The van der Waals surface area contributed by atoms with Gasteiger partial charge in [0.25, 0.3) is 5.89 Å². The van der Waals surface area contributed by atoms with E-state index in [9.17, 15) is 4.39 Å². The standard InChI is InChI=1S/C12H7ClFN3OS/c13-8-5-6(14)1-2-7(8)11-16-12(18-17-11)10-9(15)3-4-19-10/h1-5H,15H2. The summed E-state index contributed by atoms with van der Waals surface area (Å²) < 4.78 is 18.1. The molecule has 7 heteroatoms. The van der Waals surface area contributed by atoms with Crippen LogP contribution in [0, 0.1) is 5.82 Å². The second-order valence-electron chi connectivity index (χ2n) is 3.75. The second kappa shape index (κ2) is 4.64. The van der Waals surface area contributed by atoms with Gasteiger partial charge in [0, 0.05) is 5.56 Å². The molecular weight excluding hydrogens is 289 g/mol. The molecule has 0 aliphatic carbocycles. The molecule has 0 aliphatic rings. The van der Waals surface area contributed by atoms with Crippen molar-refractivity contribution in [3.05, 3.63) is 40.5 Å². The zero-order valence-corrected chi connectivity index (χ0v) is 11.0. The summed E-state index contributed by atoms with van der Waals surface area (Å²) in [7, 11) is 0. The monoisotopic (exact) mass is 295 g/mol. The molecule has 2 aromatic heterocycles. The molecule has 0 saturated carbocycles. The van der Waals surface area contributed by atoms with E-state index in [1.165, 1.54) is 29.5 Å². The molecule has 0 fully saturated rings. The van der Waals surface area contributed by atoms with Crippen molar-refractivity contribution in [2.75, 3.05) is 5.73 Å². The lowest BCUT2D eigenvalue weighted by molar-refractivity contribution is 0.433. The fraction of sp³-hybridized carbons (Fsp3) is 0. The normalized spacial score (nSPS) is 10.8. The van der Waals surface area contributed by atoms with Crippen molar-refractivity contribution in [3.8, 4) is 22.2 Å². The van der Waals surface area contributed by atoms with Crippen LogP contribution in [0.2, 0.25) is 5.02 Å². The van der Waals surface area contributed by atoms with E-state index in [1.54, 1.807) is 6.07 Å². The van der Waals surface area contributed by atoms with Gasteiger partial charge in [-0.15, -0.1) is 11.3 Å². The van der Waals surface area contributed by atoms with Gasteiger partial charge in [0.05, 0.1) is 10.7 Å². The first-order chi connectivity index (χ1) is 9.15. The van der Waals surface area contributed by atoms with Crippen LogP contribution in [0.25, 0.3) is 22.2 Å². The molecule has 0 bridgehead atoms. The smallest absolute Gasteiger partial charge is 0.270 e. The van der Waals surface area contributed by atoms with Crippen molar-refractivity contribution in [2.24, 2.45) is 0 Å². The number of halogens is 2. The molecule has 96 valence electrons. The molecule has 0 amide bonds. The summed E-state index contributed by atoms with van der Waals surface area (Å²) in [6.07, 6.45) is 0. The van der Waals surface area contributed by atoms with Crippen LogP contribution in [0.15, 0.2) is 34.2 Å². The minimum Gasteiger partial charge on any atom is -0.397 e. The Balaban J connectivity index is 2.04. The van der Waals surface area contributed by atoms with E-state index in [1.807, 2.05) is 5.38 Å². The summed E-state index contributed by atoms with van der Waals surface area (Å²) in [6, 6.07) is 5.75. The number of hydrogen-bond acceptors (Lipinski definition) is 5. The summed E-state index contributed by atoms with van der Waals surface area (Å²) in [5, 5.41) is 5.89. The Hall–Kier alpha value is -1.92. The SMILES string of the molecule is Nc1ccsc1-c1nc(-c2ccc(F)cc2Cl)no1. The lowest BCUT2D eigenvalue weighted by Crippen LogP contribution is -1.85. The highest BCUT2D eigenvalue weighted by Crippen LogP contribution is 2.33. The Morgan fingerprint density at radius 2 is 2.16 bits per heavy atom. The van der Waals surface area contributed by atoms with Crippen LogP contribution in [0.4, 0.5) is 10.1 Å². The predicted octanol–water partition coefficient (Wildman–Crippen LogP) is 3.84. The largest absolute Gasteiger partial charge is 0.397 e. The highest BCUT2D eigenvalue weighted by Gasteiger charge is 2.16. The van der Waals surface area contributed by atoms with Crippen LogP contribution in [0.5, 0.6) is 0 Å². The molecule has 4 nitrogen and oxygen atoms in total. The lowest BCUT2D eigenvalue weighted by atomic mass is 10.2. The molecule has 0 unspecified atom stereocenters. The van der Waals surface area contributed by atoms with Gasteiger partial charge in [0.2, 0.25) is 5.82 Å². The lowest BCUT2D eigenvalue weighted by Gasteiger charge is -1.97. The molecular formula is C12H7ClFN3OS. The van der Waals surface area contributed by atoms with Gasteiger partial charge in [-0.2, -0.15) is 4.98 Å². The molecule has 0 radical (unpaired) electrons. The number of nitrogens with two attached hydrogens (primary N) is 1. The van der Waals surface area contributed by atoms with Gasteiger partial charge in [-0.05, 0) is 29.6 Å². The van der Waals surface area contributed by atoms with E-state index in [-0.39, 0.29) is 5.02 Å². The van der Waals surface area contributed by atoms with Gasteiger partial charge in [-0.3, -0.25) is 0 Å². The number of anilines is 1. The molecule has 0 spiro atoms. The summed E-state index contributed by atoms with van der Waals surface area (Å²) >= 11 is 7.35. The predicted molar refractivity (Wildman–Crippen MR) is 72.4 cm³/mol. The summed E-state index contributed by atoms with van der Waals surface area (Å²) in [6.45, 7) is 0. The molecule has 0 atom stereocenters. The Morgan fingerprint density at radius 3 is 2.84 bits per heavy atom. The quantitative estimate of drug-likeness (QED) is 0.780. The summed E-state index contributed by atoms with van der Waals surface area (Å²) in [5.74, 6) is 0.204. The van der Waals surface area contributed by atoms with E-state index in [2.05, 4.69) is 10.1 Å². The molecule has 2 heterocycles. The average molecular weight is 296 g/mol. The van der Waals surface area contributed by atoms with Crippen LogP contribution < -0.4 is 5.73 Å². The molecule has 3 aromatic rings. The average Bonchev–Trinajstić information content (AvgIpc) is 2.97. The molecule has 2 N–H and O–H groups in total. The van der Waals surface area contributed by atoms with Crippen molar-refractivity contribution in [2.45, 2.75) is 0 Å². The third kappa shape index (κ3) is 2.20. The number of nitrogen functional groups attached to an aromatic ring is 1. The highest BCUT2D eigenvalue weighted by molar-refractivity contribution is 7.14. The van der Waals surface area contributed by atoms with E-state index in [0.29, 0.717) is 27.8 Å². The maximum atomic E-state index is 13.0. The number of rotatable bonds is 2. The van der Waals surface area contributed by atoms with Crippen molar-refractivity contribution in [1.82, 2.24) is 10.1 Å². The number of benzene rings is 1. The molecule has 1 aromatic carbocycles. The van der Waals surface area contributed by atoms with Crippen molar-refractivity contribution in [1.29, 1.82) is 0 Å². The molecule has 3 rings (SSSR count). The zero-order chi connectivity index (χ0) is 13.4. The topological polar surface area (TPSA) is 64.9 Å². The summed E-state index contributed by atoms with van der Waals surface area (Å²) in [5.41, 5.74) is 6.86. The van der Waals surface area contributed by atoms with E-state index >= 15 is 0 Å². The maximum absolute atomic E-state index is 13.0. The van der Waals surface area contributed by atoms with Crippen LogP contribution in [0.1, 0.15) is 0 Å². The van der Waals surface area contributed by atoms with E-state index in [0.717, 1.165) is 0 Å². The Bertz CT molecular complexity index is 740. The number of aromatic nitrogens is 2. The number of nitrogens with zero attached hydrogens (tertiary/aromatic N) is 2. The fourth-order valence-electron chi connectivity index (χ4n) is 1.59. The molecule has 0 saturated heterocycles. The second-order valence-corrected chi connectivity index (χ2v) is 5.08. The first-order valence-electron chi connectivity index (χ1n) is 5.27. The van der Waals surface area contributed by atoms with Gasteiger partial charge in [-0.25, -0.2) is 4.39 Å². The first kappa shape index (κ1) is 12.1. The van der Waals surface area contributed by atoms with Crippen LogP contribution in [-0.2, 0) is 0 Å². The fourth-order valence-corrected chi connectivity index (χ4v) is 2.58. The van der Waals surface area contributed by atoms with Gasteiger partial charge in [0.15, 0.2) is 0 Å². The number of thiophene rings is 1. The van der Waals surface area contributed by atoms with Crippen LogP contribution in [0.3, 0.4) is 0 Å². The van der Waals surface area contributed by atoms with Gasteiger partial charge in [0.1, 0.15) is 10.7 Å². The first-order valence-corrected chi connectivity index (χ1v) is 6.53. The Labute approximate surface area is 116 Å². The third-order valence-electron chi connectivity index (χ3n) is 2.49. The highest BCUT2D eigenvalue weighted by atomic mass is 35.5. The Morgan fingerprint density at radius 1 is 1.32 bits per heavy atom. The van der Waals surface area contributed by atoms with Gasteiger partial charge >= 0.3 is 0 Å². The van der Waals surface area contributed by atoms with E-state index in [4.69, 9.17) is 21.9 Å². The zero-order valence-electron chi connectivity index (χ0n) is 9.43. The molecule has 0 aliphatic heterocycles. The summed E-state index contributed by atoms with van der Waals surface area (Å²) in [4.78, 5) is 4.93. The van der Waals surface area contributed by atoms with Crippen LogP contribution in [-0.4, -0.2) is 10.1 Å². The van der Waals surface area contributed by atoms with Gasteiger partial charge in [-0.1, -0.05) is 16.8 Å². The third-order valence-corrected chi connectivity index (χ3v) is 3.72. The number of hydrogen-bond donors (Lipinski definition) is 1. The maximum Gasteiger partial charge on any atom is 0.270 e. The van der Waals surface area contributed by atoms with E-state index < -0.39 is 5.82 Å². The Kier molecular flexibility index (Phi) is 2.96. The van der Waals surface area contributed by atoms with Crippen molar-refractivity contribution in [3.63, 3.8) is 0 Å². The minimum absolute atomic E-state index is 0.228. The van der Waals surface area contributed by atoms with Crippen LogP contribution >= 0.6 is 22.9 Å². The molecule has 19 heavy (non-hydrogen) atoms. The van der Waals surface area contributed by atoms with Gasteiger partial charge < -0.3 is 10.3 Å². The van der Waals surface area contributed by atoms with Crippen molar-refractivity contribution < 1.29 is 8.91 Å². The van der Waals surface area contributed by atoms with Crippen molar-refractivity contribution >= 4 is 28.6 Å². The minimum atomic E-state index is -0.417.